The van der Waals surface area contributed by atoms with Crippen molar-refractivity contribution in [1.29, 1.82) is 0 Å². The zero-order valence-corrected chi connectivity index (χ0v) is 11.4. The van der Waals surface area contributed by atoms with E-state index in [1.165, 1.54) is 17.5 Å². The molecule has 0 aliphatic rings. The number of rotatable bonds is 5. The van der Waals surface area contributed by atoms with Crippen molar-refractivity contribution in [2.75, 3.05) is 0 Å². The molecule has 1 unspecified atom stereocenters. The number of carboxylic acids is 1. The molecular weight excluding hydrogens is 298 g/mol. The molecule has 1 atom stereocenters. The third-order valence-corrected chi connectivity index (χ3v) is 3.53. The summed E-state index contributed by atoms with van der Waals surface area (Å²) in [6.45, 7) is -0.384. The number of thiophene rings is 1. The van der Waals surface area contributed by atoms with Crippen LogP contribution >= 0.6 is 11.3 Å². The van der Waals surface area contributed by atoms with E-state index in [2.05, 4.69) is 5.32 Å². The van der Waals surface area contributed by atoms with Crippen molar-refractivity contribution in [1.82, 2.24) is 14.9 Å². The van der Waals surface area contributed by atoms with Gasteiger partial charge in [0, 0.05) is 17.1 Å². The molecule has 1 amide bonds. The summed E-state index contributed by atoms with van der Waals surface area (Å²) in [5.41, 5.74) is -1.31. The number of hydrogen-bond acceptors (Lipinski definition) is 5. The third kappa shape index (κ3) is 3.66. The number of aromatic amines is 1. The van der Waals surface area contributed by atoms with Crippen molar-refractivity contribution in [2.45, 2.75) is 12.6 Å². The Bertz CT molecular complexity index is 762. The maximum Gasteiger partial charge on any atom is 0.331 e. The van der Waals surface area contributed by atoms with Gasteiger partial charge in [0.2, 0.25) is 5.91 Å². The lowest BCUT2D eigenvalue weighted by Crippen LogP contribution is -2.38. The molecule has 110 valence electrons. The first-order valence-electron chi connectivity index (χ1n) is 5.82. The van der Waals surface area contributed by atoms with Gasteiger partial charge < -0.3 is 10.4 Å². The number of amides is 1. The summed E-state index contributed by atoms with van der Waals surface area (Å²) in [4.78, 5) is 47.8. The van der Waals surface area contributed by atoms with E-state index in [-0.39, 0.29) is 6.54 Å². The van der Waals surface area contributed by atoms with Crippen LogP contribution in [0.15, 0.2) is 39.4 Å². The number of carbonyl (C=O) groups excluding carboxylic acids is 1. The third-order valence-electron chi connectivity index (χ3n) is 2.59. The number of nitrogens with zero attached hydrogens (tertiary/aromatic N) is 1. The van der Waals surface area contributed by atoms with E-state index in [9.17, 15) is 19.2 Å². The molecule has 8 nitrogen and oxygen atoms in total. The minimum atomic E-state index is -1.19. The van der Waals surface area contributed by atoms with E-state index in [4.69, 9.17) is 5.11 Å². The standard InChI is InChI=1S/C12H11N3O5S/c16-8-3-4-15(12(20)14-8)6-9(17)13-10(11(18)19)7-2-1-5-21-7/h1-5,10H,6H2,(H,13,17)(H,18,19)(H,14,16,20). The van der Waals surface area contributed by atoms with E-state index in [0.717, 1.165) is 10.6 Å². The zero-order valence-electron chi connectivity index (χ0n) is 10.6. The fourth-order valence-corrected chi connectivity index (χ4v) is 2.41. The van der Waals surface area contributed by atoms with Crippen LogP contribution < -0.4 is 16.6 Å². The molecule has 0 aliphatic carbocycles. The molecule has 0 spiro atoms. The quantitative estimate of drug-likeness (QED) is 0.690. The topological polar surface area (TPSA) is 121 Å². The number of aliphatic carboxylic acids is 1. The lowest BCUT2D eigenvalue weighted by Gasteiger charge is -2.13. The van der Waals surface area contributed by atoms with Crippen LogP contribution in [0.2, 0.25) is 0 Å². The Morgan fingerprint density at radius 2 is 2.14 bits per heavy atom. The molecular formula is C12H11N3O5S. The summed E-state index contributed by atoms with van der Waals surface area (Å²) in [6.07, 6.45) is 1.17. The Hall–Kier alpha value is -2.68. The molecule has 0 radical (unpaired) electrons. The highest BCUT2D eigenvalue weighted by atomic mass is 32.1. The number of hydrogen-bond donors (Lipinski definition) is 3. The molecule has 3 N–H and O–H groups in total. The highest BCUT2D eigenvalue weighted by Gasteiger charge is 2.23. The second kappa shape index (κ2) is 6.18. The van der Waals surface area contributed by atoms with Crippen LogP contribution in [0.4, 0.5) is 0 Å². The fraction of sp³-hybridized carbons (Fsp3) is 0.167. The van der Waals surface area contributed by atoms with Crippen molar-refractivity contribution in [3.63, 3.8) is 0 Å². The Morgan fingerprint density at radius 3 is 2.71 bits per heavy atom. The maximum atomic E-state index is 11.8. The molecule has 2 aromatic heterocycles. The predicted molar refractivity (Wildman–Crippen MR) is 74.2 cm³/mol. The molecule has 0 saturated carbocycles. The lowest BCUT2D eigenvalue weighted by atomic mass is 10.2. The van der Waals surface area contributed by atoms with Gasteiger partial charge in [0.25, 0.3) is 5.56 Å². The molecule has 0 bridgehead atoms. The first-order chi connectivity index (χ1) is 9.97. The summed E-state index contributed by atoms with van der Waals surface area (Å²) >= 11 is 1.20. The summed E-state index contributed by atoms with van der Waals surface area (Å²) in [6, 6.07) is 3.20. The molecule has 2 heterocycles. The van der Waals surface area contributed by atoms with Gasteiger partial charge in [-0.2, -0.15) is 0 Å². The van der Waals surface area contributed by atoms with Gasteiger partial charge in [-0.05, 0) is 11.4 Å². The molecule has 2 aromatic rings. The van der Waals surface area contributed by atoms with Crippen LogP contribution in [0.1, 0.15) is 10.9 Å². The average molecular weight is 309 g/mol. The summed E-state index contributed by atoms with van der Waals surface area (Å²) in [5.74, 6) is -1.84. The number of H-pyrrole nitrogens is 1. The predicted octanol–water partition coefficient (Wildman–Crippen LogP) is -0.460. The Labute approximate surface area is 121 Å². The number of carboxylic acid groups (broad SMARTS) is 1. The van der Waals surface area contributed by atoms with E-state index in [1.54, 1.807) is 17.5 Å². The van der Waals surface area contributed by atoms with E-state index in [0.29, 0.717) is 4.88 Å². The smallest absolute Gasteiger partial charge is 0.331 e. The van der Waals surface area contributed by atoms with E-state index < -0.39 is 29.2 Å². The van der Waals surface area contributed by atoms with Gasteiger partial charge in [0.05, 0.1) is 0 Å². The molecule has 0 saturated heterocycles. The first-order valence-corrected chi connectivity index (χ1v) is 6.70. The monoisotopic (exact) mass is 309 g/mol. The van der Waals surface area contributed by atoms with Gasteiger partial charge in [-0.3, -0.25) is 19.1 Å². The molecule has 0 fully saturated rings. The second-order valence-corrected chi connectivity index (χ2v) is 5.07. The normalized spacial score (nSPS) is 11.8. The maximum absolute atomic E-state index is 11.8. The Balaban J connectivity index is 2.11. The molecule has 0 aliphatic heterocycles. The minimum absolute atomic E-state index is 0.384. The van der Waals surface area contributed by atoms with Gasteiger partial charge in [0.15, 0.2) is 6.04 Å². The zero-order chi connectivity index (χ0) is 15.4. The number of nitrogens with one attached hydrogen (secondary N) is 2. The Kier molecular flexibility index (Phi) is 4.33. The highest BCUT2D eigenvalue weighted by Crippen LogP contribution is 2.18. The van der Waals surface area contributed by atoms with Crippen molar-refractivity contribution < 1.29 is 14.7 Å². The van der Waals surface area contributed by atoms with Gasteiger partial charge in [-0.25, -0.2) is 9.59 Å². The first kappa shape index (κ1) is 14.7. The van der Waals surface area contributed by atoms with Crippen molar-refractivity contribution in [3.05, 3.63) is 55.5 Å². The van der Waals surface area contributed by atoms with Gasteiger partial charge >= 0.3 is 11.7 Å². The van der Waals surface area contributed by atoms with Crippen LogP contribution in [0, 0.1) is 0 Å². The second-order valence-electron chi connectivity index (χ2n) is 4.09. The molecule has 2 rings (SSSR count). The van der Waals surface area contributed by atoms with Crippen molar-refractivity contribution in [3.8, 4) is 0 Å². The van der Waals surface area contributed by atoms with Crippen molar-refractivity contribution in [2.24, 2.45) is 0 Å². The van der Waals surface area contributed by atoms with Crippen LogP contribution in [0.25, 0.3) is 0 Å². The van der Waals surface area contributed by atoms with E-state index >= 15 is 0 Å². The van der Waals surface area contributed by atoms with Gasteiger partial charge in [-0.1, -0.05) is 6.07 Å². The van der Waals surface area contributed by atoms with Crippen LogP contribution in [0.3, 0.4) is 0 Å². The number of carbonyl (C=O) groups is 2. The Morgan fingerprint density at radius 1 is 1.38 bits per heavy atom. The fourth-order valence-electron chi connectivity index (χ4n) is 1.64. The molecule has 21 heavy (non-hydrogen) atoms. The SMILES string of the molecule is O=C(Cn1ccc(=O)[nH]c1=O)NC(C(=O)O)c1cccs1. The number of aromatic nitrogens is 2. The molecule has 0 aromatic carbocycles. The average Bonchev–Trinajstić information content (AvgIpc) is 2.92. The summed E-state index contributed by atoms with van der Waals surface area (Å²) in [7, 11) is 0. The van der Waals surface area contributed by atoms with Gasteiger partial charge in [0.1, 0.15) is 6.54 Å². The summed E-state index contributed by atoms with van der Waals surface area (Å²) in [5, 5.41) is 13.2. The summed E-state index contributed by atoms with van der Waals surface area (Å²) < 4.78 is 0.976. The van der Waals surface area contributed by atoms with Crippen LogP contribution in [-0.4, -0.2) is 26.5 Å². The van der Waals surface area contributed by atoms with Gasteiger partial charge in [-0.15, -0.1) is 11.3 Å². The largest absolute Gasteiger partial charge is 0.479 e. The molecule has 9 heteroatoms. The lowest BCUT2D eigenvalue weighted by molar-refractivity contribution is -0.142. The van der Waals surface area contributed by atoms with Crippen molar-refractivity contribution >= 4 is 23.2 Å². The van der Waals surface area contributed by atoms with E-state index in [1.807, 2.05) is 4.98 Å². The van der Waals surface area contributed by atoms with Crippen LogP contribution in [-0.2, 0) is 16.1 Å². The highest BCUT2D eigenvalue weighted by molar-refractivity contribution is 7.10. The van der Waals surface area contributed by atoms with Crippen LogP contribution in [0.5, 0.6) is 0 Å². The minimum Gasteiger partial charge on any atom is -0.479 e.